The Kier molecular flexibility index (Phi) is 4.53. The number of nitrogens with one attached hydrogen (secondary N) is 1. The molecule has 1 aromatic carbocycles. The van der Waals surface area contributed by atoms with Gasteiger partial charge in [0.2, 0.25) is 0 Å². The summed E-state index contributed by atoms with van der Waals surface area (Å²) in [5, 5.41) is 4.59. The maximum absolute atomic E-state index is 12.9. The third-order valence-corrected chi connectivity index (χ3v) is 7.95. The zero-order valence-corrected chi connectivity index (χ0v) is 17.6. The second kappa shape index (κ2) is 7.39. The van der Waals surface area contributed by atoms with Gasteiger partial charge in [0.15, 0.2) is 0 Å². The monoisotopic (exact) mass is 421 g/mol. The number of anilines is 1. The lowest BCUT2D eigenvalue weighted by Gasteiger charge is -2.31. The molecule has 1 saturated heterocycles. The van der Waals surface area contributed by atoms with Crippen LogP contribution in [0.4, 0.5) is 10.5 Å². The van der Waals surface area contributed by atoms with Crippen molar-refractivity contribution in [3.63, 3.8) is 0 Å². The van der Waals surface area contributed by atoms with Crippen molar-refractivity contribution in [3.05, 3.63) is 59.4 Å². The first kappa shape index (κ1) is 18.4. The normalized spacial score (nSPS) is 27.9. The van der Waals surface area contributed by atoms with Crippen molar-refractivity contribution in [2.45, 2.75) is 49.7 Å². The second-order valence-corrected chi connectivity index (χ2v) is 9.79. The van der Waals surface area contributed by atoms with E-state index in [1.54, 1.807) is 24.2 Å². The van der Waals surface area contributed by atoms with Crippen LogP contribution in [0.3, 0.4) is 0 Å². The number of fused-ring (bicyclic) bond motifs is 2. The average Bonchev–Trinajstić information content (AvgIpc) is 3.26. The lowest BCUT2D eigenvalue weighted by Crippen LogP contribution is -2.42. The van der Waals surface area contributed by atoms with Crippen LogP contribution in [0.1, 0.15) is 37.4 Å². The smallest absolute Gasteiger partial charge is 0.314 e. The molecular formula is C23H27N5OS. The van der Waals surface area contributed by atoms with Crippen molar-refractivity contribution in [3.8, 4) is 0 Å². The van der Waals surface area contributed by atoms with Gasteiger partial charge in [0.1, 0.15) is 0 Å². The Bertz CT molecular complexity index is 1010. The number of hydrogen-bond donors (Lipinski definition) is 1. The molecule has 1 saturated carbocycles. The second-order valence-electron chi connectivity index (χ2n) is 8.62. The van der Waals surface area contributed by atoms with E-state index in [2.05, 4.69) is 33.4 Å². The van der Waals surface area contributed by atoms with Crippen LogP contribution in [0, 0.1) is 0 Å². The zero-order valence-electron chi connectivity index (χ0n) is 16.8. The number of benzene rings is 1. The van der Waals surface area contributed by atoms with E-state index in [-0.39, 0.29) is 19.5 Å². The largest absolute Gasteiger partial charge is 0.322 e. The molecule has 4 aliphatic rings. The van der Waals surface area contributed by atoms with Crippen LogP contribution in [0.25, 0.3) is 0 Å². The molecule has 1 aromatic heterocycles. The van der Waals surface area contributed by atoms with Gasteiger partial charge in [-0.15, -0.1) is 0 Å². The summed E-state index contributed by atoms with van der Waals surface area (Å²) in [5.41, 5.74) is 4.58. The number of pyridine rings is 1. The highest BCUT2D eigenvalue weighted by Crippen LogP contribution is 2.50. The van der Waals surface area contributed by atoms with Gasteiger partial charge >= 0.3 is 6.03 Å². The van der Waals surface area contributed by atoms with E-state index in [1.165, 1.54) is 43.5 Å². The minimum Gasteiger partial charge on any atom is -0.314 e. The highest BCUT2D eigenvalue weighted by molar-refractivity contribution is 8.15. The van der Waals surface area contributed by atoms with Crippen LogP contribution >= 0.6 is 11.8 Å². The fraction of sp³-hybridized carbons (Fsp3) is 0.435. The molecule has 0 bridgehead atoms. The van der Waals surface area contributed by atoms with E-state index < -0.39 is 0 Å². The summed E-state index contributed by atoms with van der Waals surface area (Å²) in [5.74, 6) is 0. The molecule has 2 fully saturated rings. The number of rotatable bonds is 4. The highest BCUT2D eigenvalue weighted by Gasteiger charge is 2.60. The summed E-state index contributed by atoms with van der Waals surface area (Å²) in [6.45, 7) is 4.01. The zero-order chi connectivity index (χ0) is 20.1. The van der Waals surface area contributed by atoms with Gasteiger partial charge in [-0.2, -0.15) is 0 Å². The molecule has 2 amide bonds. The maximum Gasteiger partial charge on any atom is 0.322 e. The fourth-order valence-electron chi connectivity index (χ4n) is 4.87. The van der Waals surface area contributed by atoms with Gasteiger partial charge in [-0.25, -0.2) is 4.79 Å². The third kappa shape index (κ3) is 3.30. The van der Waals surface area contributed by atoms with Crippen molar-refractivity contribution in [2.24, 2.45) is 4.99 Å². The van der Waals surface area contributed by atoms with Gasteiger partial charge in [-0.05, 0) is 55.3 Å². The molecule has 3 atom stereocenters. The molecule has 4 heterocycles. The number of nitrogens with zero attached hydrogens (tertiary/aromatic N) is 4. The molecule has 7 heteroatoms. The van der Waals surface area contributed by atoms with Gasteiger partial charge in [0.25, 0.3) is 0 Å². The first-order valence-electron chi connectivity index (χ1n) is 10.8. The van der Waals surface area contributed by atoms with Gasteiger partial charge in [0, 0.05) is 38.2 Å². The summed E-state index contributed by atoms with van der Waals surface area (Å²) < 4.78 is 0. The molecule has 6 rings (SSSR count). The van der Waals surface area contributed by atoms with Crippen LogP contribution in [0.15, 0.2) is 47.7 Å². The van der Waals surface area contributed by atoms with E-state index in [9.17, 15) is 4.79 Å². The molecule has 1 N–H and O–H groups in total. The van der Waals surface area contributed by atoms with Crippen molar-refractivity contribution in [1.29, 1.82) is 0 Å². The lowest BCUT2D eigenvalue weighted by atomic mass is 10.0. The first-order valence-corrected chi connectivity index (χ1v) is 11.7. The number of urea groups is 1. The number of aromatic nitrogens is 1. The average molecular weight is 422 g/mol. The van der Waals surface area contributed by atoms with Crippen molar-refractivity contribution in [2.75, 3.05) is 18.4 Å². The molecule has 2 aromatic rings. The quantitative estimate of drug-likeness (QED) is 0.811. The van der Waals surface area contributed by atoms with Crippen LogP contribution < -0.4 is 5.32 Å². The molecule has 3 unspecified atom stereocenters. The van der Waals surface area contributed by atoms with E-state index in [4.69, 9.17) is 4.99 Å². The van der Waals surface area contributed by atoms with Crippen molar-refractivity contribution in [1.82, 2.24) is 14.8 Å². The predicted molar refractivity (Wildman–Crippen MR) is 122 cm³/mol. The van der Waals surface area contributed by atoms with Crippen LogP contribution in [-0.4, -0.2) is 56.3 Å². The minimum atomic E-state index is 0. The standard InChI is InChI=1S/C23H25N5OS.H2/c29-23-25-18-12-15(13-27-10-2-1-3-11-27)4-5-17(18)14-28(23)20-19-21(20)30-22(26-19)16-6-8-24-9-7-16;/h4-9,12,19-21H,1-3,10-11,13-14H2,(H,25,29);1H. The molecule has 6 nitrogen and oxygen atoms in total. The number of thioether (sulfide) groups is 1. The van der Waals surface area contributed by atoms with E-state index >= 15 is 0 Å². The molecule has 1 aliphatic carbocycles. The first-order chi connectivity index (χ1) is 14.8. The number of amides is 2. The number of carbonyl (C=O) groups is 1. The Morgan fingerprint density at radius 2 is 1.97 bits per heavy atom. The number of carbonyl (C=O) groups excluding carboxylic acids is 1. The molecule has 0 radical (unpaired) electrons. The van der Waals surface area contributed by atoms with Crippen LogP contribution in [-0.2, 0) is 13.1 Å². The number of likely N-dealkylation sites (tertiary alicyclic amines) is 1. The fourth-order valence-corrected chi connectivity index (χ4v) is 6.30. The predicted octanol–water partition coefficient (Wildman–Crippen LogP) is 3.97. The van der Waals surface area contributed by atoms with Crippen LogP contribution in [0.2, 0.25) is 0 Å². The van der Waals surface area contributed by atoms with Crippen LogP contribution in [0.5, 0.6) is 0 Å². The topological polar surface area (TPSA) is 60.8 Å². The van der Waals surface area contributed by atoms with Gasteiger partial charge in [-0.3, -0.25) is 14.9 Å². The Labute approximate surface area is 182 Å². The van der Waals surface area contributed by atoms with E-state index in [1.807, 2.05) is 17.0 Å². The Balaban J connectivity index is 0.00000204. The van der Waals surface area contributed by atoms with Gasteiger partial charge < -0.3 is 10.2 Å². The summed E-state index contributed by atoms with van der Waals surface area (Å²) in [7, 11) is 0. The molecule has 156 valence electrons. The minimum absolute atomic E-state index is 0. The molecule has 3 aliphatic heterocycles. The van der Waals surface area contributed by atoms with Gasteiger partial charge in [-0.1, -0.05) is 30.3 Å². The summed E-state index contributed by atoms with van der Waals surface area (Å²) >= 11 is 1.79. The van der Waals surface area contributed by atoms with Crippen molar-refractivity contribution < 1.29 is 6.22 Å². The lowest BCUT2D eigenvalue weighted by molar-refractivity contribution is 0.202. The Morgan fingerprint density at radius 3 is 2.73 bits per heavy atom. The summed E-state index contributed by atoms with van der Waals surface area (Å²) in [6.07, 6.45) is 7.54. The summed E-state index contributed by atoms with van der Waals surface area (Å²) in [6, 6.07) is 11.0. The van der Waals surface area contributed by atoms with Gasteiger partial charge in [0.05, 0.1) is 22.4 Å². The Morgan fingerprint density at radius 1 is 1.13 bits per heavy atom. The van der Waals surface area contributed by atoms with E-state index in [0.29, 0.717) is 11.8 Å². The number of piperidine rings is 1. The molecule has 30 heavy (non-hydrogen) atoms. The third-order valence-electron chi connectivity index (χ3n) is 6.56. The SMILES string of the molecule is O=C1Nc2cc(CN3CCCCC3)ccc2CN1C1C2N=C(c3ccncc3)SC21.[HH]. The van der Waals surface area contributed by atoms with E-state index in [0.717, 1.165) is 22.8 Å². The highest BCUT2D eigenvalue weighted by atomic mass is 32.2. The molecule has 0 spiro atoms. The number of aliphatic imine (C=N–C) groups is 1. The molecular weight excluding hydrogens is 394 g/mol. The van der Waals surface area contributed by atoms with Crippen molar-refractivity contribution >= 4 is 28.5 Å². The summed E-state index contributed by atoms with van der Waals surface area (Å²) in [4.78, 5) is 26.3. The number of hydrogen-bond acceptors (Lipinski definition) is 5. The Hall–Kier alpha value is -2.38. The maximum atomic E-state index is 12.9.